The molecule has 30 heavy (non-hydrogen) atoms. The third-order valence-electron chi connectivity index (χ3n) is 6.88. The summed E-state index contributed by atoms with van der Waals surface area (Å²) in [6.07, 6.45) is 8.31. The Hall–Kier alpha value is -2.68. The van der Waals surface area contributed by atoms with E-state index in [1.54, 1.807) is 6.07 Å². The molecule has 3 nitrogen and oxygen atoms in total. The van der Waals surface area contributed by atoms with Crippen LogP contribution in [-0.4, -0.2) is 9.55 Å². The average Bonchev–Trinajstić information content (AvgIpc) is 2.71. The first kappa shape index (κ1) is 20.6. The lowest BCUT2D eigenvalue weighted by Gasteiger charge is -2.40. The highest BCUT2D eigenvalue weighted by atomic mass is 16.1. The molecule has 0 amide bonds. The SMILES string of the molecule is C=C1CCCC(C)(C)C1CC/C(C)=C/Cn1c2cccc(=O)c-2nc2ccccc21. The van der Waals surface area contributed by atoms with Crippen molar-refractivity contribution in [3.63, 3.8) is 0 Å². The quantitative estimate of drug-likeness (QED) is 0.357. The normalized spacial score (nSPS) is 19.5. The van der Waals surface area contributed by atoms with Gasteiger partial charge < -0.3 is 4.57 Å². The number of nitrogens with zero attached hydrogens (tertiary/aromatic N) is 2. The van der Waals surface area contributed by atoms with Gasteiger partial charge in [-0.2, -0.15) is 0 Å². The molecule has 3 aliphatic rings. The third kappa shape index (κ3) is 3.98. The van der Waals surface area contributed by atoms with Crippen LogP contribution in [0.2, 0.25) is 0 Å². The lowest BCUT2D eigenvalue weighted by Crippen LogP contribution is -2.29. The number of rotatable bonds is 5. The number of allylic oxidation sites excluding steroid dienone is 3. The van der Waals surface area contributed by atoms with E-state index in [9.17, 15) is 4.79 Å². The van der Waals surface area contributed by atoms with Gasteiger partial charge in [0.25, 0.3) is 0 Å². The highest BCUT2D eigenvalue weighted by molar-refractivity contribution is 5.80. The number of benzene rings is 2. The van der Waals surface area contributed by atoms with Crippen molar-refractivity contribution >= 4 is 11.0 Å². The summed E-state index contributed by atoms with van der Waals surface area (Å²) in [5, 5.41) is 0. The van der Waals surface area contributed by atoms with Crippen molar-refractivity contribution in [3.8, 4) is 11.4 Å². The Morgan fingerprint density at radius 3 is 2.83 bits per heavy atom. The van der Waals surface area contributed by atoms with Gasteiger partial charge in [-0.25, -0.2) is 4.98 Å². The zero-order chi connectivity index (χ0) is 21.3. The van der Waals surface area contributed by atoms with Gasteiger partial charge in [0.2, 0.25) is 5.43 Å². The van der Waals surface area contributed by atoms with Gasteiger partial charge in [0, 0.05) is 6.54 Å². The van der Waals surface area contributed by atoms with Crippen molar-refractivity contribution in [2.24, 2.45) is 11.3 Å². The fourth-order valence-corrected chi connectivity index (χ4v) is 5.06. The standard InChI is InChI=1S/C27H32N2O/c1-19(14-15-21-20(2)9-8-17-27(21,3)4)16-18-29-23-11-6-5-10-22(23)28-26-24(29)12-7-13-25(26)30/h5-7,10-13,16,21H,2,8-9,14-15,17-18H2,1,3-4H3/b19-16+. The minimum Gasteiger partial charge on any atom is -0.334 e. The van der Waals surface area contributed by atoms with Gasteiger partial charge >= 0.3 is 0 Å². The van der Waals surface area contributed by atoms with Crippen LogP contribution >= 0.6 is 0 Å². The summed E-state index contributed by atoms with van der Waals surface area (Å²) in [7, 11) is 0. The van der Waals surface area contributed by atoms with Crippen LogP contribution in [0.5, 0.6) is 0 Å². The predicted octanol–water partition coefficient (Wildman–Crippen LogP) is 6.61. The minimum absolute atomic E-state index is 0.0225. The first-order valence-electron chi connectivity index (χ1n) is 11.1. The maximum absolute atomic E-state index is 12.4. The molecule has 0 bridgehead atoms. The number of fused-ring (bicyclic) bond motifs is 2. The van der Waals surface area contributed by atoms with Gasteiger partial charge in [-0.15, -0.1) is 0 Å². The molecule has 3 heteroatoms. The molecule has 1 atom stereocenters. The van der Waals surface area contributed by atoms with Crippen LogP contribution in [0.1, 0.15) is 52.9 Å². The van der Waals surface area contributed by atoms with E-state index < -0.39 is 0 Å². The summed E-state index contributed by atoms with van der Waals surface area (Å²) in [6.45, 7) is 12.1. The summed E-state index contributed by atoms with van der Waals surface area (Å²) >= 11 is 0. The molecule has 0 spiro atoms. The van der Waals surface area contributed by atoms with Crippen LogP contribution in [0.4, 0.5) is 0 Å². The van der Waals surface area contributed by atoms with E-state index in [-0.39, 0.29) is 5.43 Å². The van der Waals surface area contributed by atoms with E-state index in [4.69, 9.17) is 0 Å². The monoisotopic (exact) mass is 400 g/mol. The Labute approximate surface area is 179 Å². The van der Waals surface area contributed by atoms with Crippen LogP contribution in [0.3, 0.4) is 0 Å². The van der Waals surface area contributed by atoms with Crippen LogP contribution in [-0.2, 0) is 6.54 Å². The smallest absolute Gasteiger partial charge is 0.206 e. The number of aromatic nitrogens is 2. The fourth-order valence-electron chi connectivity index (χ4n) is 5.06. The third-order valence-corrected chi connectivity index (χ3v) is 6.88. The van der Waals surface area contributed by atoms with Gasteiger partial charge in [0.15, 0.2) is 0 Å². The fraction of sp³-hybridized carbons (Fsp3) is 0.407. The Balaban J connectivity index is 1.59. The van der Waals surface area contributed by atoms with Crippen LogP contribution in [0.15, 0.2) is 71.1 Å². The topological polar surface area (TPSA) is 34.9 Å². The summed E-state index contributed by atoms with van der Waals surface area (Å²) < 4.78 is 2.21. The van der Waals surface area contributed by atoms with Gasteiger partial charge in [-0.05, 0) is 74.6 Å². The molecule has 2 aliphatic carbocycles. The largest absolute Gasteiger partial charge is 0.334 e. The maximum Gasteiger partial charge on any atom is 0.206 e. The Kier molecular flexibility index (Phi) is 5.64. The van der Waals surface area contributed by atoms with E-state index in [1.165, 1.54) is 36.8 Å². The summed E-state index contributed by atoms with van der Waals surface area (Å²) in [5.74, 6) is 0.605. The number of para-hydroxylation sites is 3. The van der Waals surface area contributed by atoms with Gasteiger partial charge in [0.1, 0.15) is 5.69 Å². The second-order valence-electron chi connectivity index (χ2n) is 9.48. The Morgan fingerprint density at radius 1 is 1.23 bits per heavy atom. The van der Waals surface area contributed by atoms with Gasteiger partial charge in [-0.3, -0.25) is 4.79 Å². The highest BCUT2D eigenvalue weighted by Crippen LogP contribution is 2.45. The van der Waals surface area contributed by atoms with E-state index in [2.05, 4.69) is 49.0 Å². The molecule has 0 N–H and O–H groups in total. The van der Waals surface area contributed by atoms with Gasteiger partial charge in [0.05, 0.1) is 16.7 Å². The first-order valence-corrected chi connectivity index (χ1v) is 11.1. The molecule has 0 radical (unpaired) electrons. The molecular formula is C27H32N2O. The van der Waals surface area contributed by atoms with E-state index in [0.717, 1.165) is 29.7 Å². The molecule has 1 unspecified atom stereocenters. The minimum atomic E-state index is -0.0225. The lowest BCUT2D eigenvalue weighted by molar-refractivity contribution is 0.180. The van der Waals surface area contributed by atoms with Crippen molar-refractivity contribution < 1.29 is 0 Å². The molecule has 1 saturated carbocycles. The average molecular weight is 401 g/mol. The highest BCUT2D eigenvalue weighted by Gasteiger charge is 2.33. The maximum atomic E-state index is 12.4. The van der Waals surface area contributed by atoms with Crippen molar-refractivity contribution in [1.29, 1.82) is 0 Å². The van der Waals surface area contributed by atoms with E-state index >= 15 is 0 Å². The second kappa shape index (κ2) is 8.22. The van der Waals surface area contributed by atoms with Gasteiger partial charge in [-0.1, -0.05) is 55.8 Å². The van der Waals surface area contributed by atoms with Crippen molar-refractivity contribution in [1.82, 2.24) is 9.55 Å². The zero-order valence-electron chi connectivity index (χ0n) is 18.4. The summed E-state index contributed by atoms with van der Waals surface area (Å²) in [4.78, 5) is 17.0. The van der Waals surface area contributed by atoms with Crippen molar-refractivity contribution in [3.05, 3.63) is 76.5 Å². The predicted molar refractivity (Wildman–Crippen MR) is 126 cm³/mol. The molecular weight excluding hydrogens is 368 g/mol. The summed E-state index contributed by atoms with van der Waals surface area (Å²) in [5.41, 5.74) is 6.51. The van der Waals surface area contributed by atoms with Crippen LogP contribution in [0, 0.1) is 11.3 Å². The Bertz CT molecular complexity index is 1140. The second-order valence-corrected chi connectivity index (χ2v) is 9.48. The molecule has 1 aliphatic heterocycles. The first-order chi connectivity index (χ1) is 14.4. The molecule has 0 aromatic heterocycles. The number of hydrogen-bond acceptors (Lipinski definition) is 2. The number of hydrogen-bond donors (Lipinski definition) is 0. The van der Waals surface area contributed by atoms with E-state index in [0.29, 0.717) is 17.0 Å². The molecule has 4 rings (SSSR count). The molecule has 1 aromatic rings. The van der Waals surface area contributed by atoms with Crippen molar-refractivity contribution in [2.45, 2.75) is 59.4 Å². The Morgan fingerprint density at radius 2 is 2.03 bits per heavy atom. The molecule has 156 valence electrons. The van der Waals surface area contributed by atoms with Crippen LogP contribution in [0.25, 0.3) is 22.4 Å². The van der Waals surface area contributed by atoms with E-state index in [1.807, 2.05) is 30.3 Å². The zero-order valence-corrected chi connectivity index (χ0v) is 18.4. The molecule has 1 heterocycles. The molecule has 1 aromatic carbocycles. The molecule has 0 saturated heterocycles. The lowest BCUT2D eigenvalue weighted by atomic mass is 9.65. The molecule has 1 fully saturated rings. The van der Waals surface area contributed by atoms with Crippen molar-refractivity contribution in [2.75, 3.05) is 0 Å². The van der Waals surface area contributed by atoms with Crippen LogP contribution < -0.4 is 5.43 Å². The summed E-state index contributed by atoms with van der Waals surface area (Å²) in [6, 6.07) is 13.5.